The number of aromatic nitrogens is 1. The Morgan fingerprint density at radius 3 is 2.38 bits per heavy atom. The third-order valence-electron chi connectivity index (χ3n) is 4.77. The van der Waals surface area contributed by atoms with Gasteiger partial charge in [0.2, 0.25) is 5.91 Å². The molecule has 0 spiro atoms. The van der Waals surface area contributed by atoms with Crippen molar-refractivity contribution in [1.82, 2.24) is 4.98 Å². The molecule has 1 heterocycles. The molecule has 0 aliphatic carbocycles. The highest BCUT2D eigenvalue weighted by molar-refractivity contribution is 7.99. The maximum atomic E-state index is 12.3. The molecular weight excluding hydrogens is 376 g/mol. The molecule has 144 valence electrons. The summed E-state index contributed by atoms with van der Waals surface area (Å²) in [5.41, 5.74) is 4.53. The number of fused-ring (bicyclic) bond motifs is 1. The summed E-state index contributed by atoms with van der Waals surface area (Å²) in [6.07, 6.45) is 4.47. The van der Waals surface area contributed by atoms with Gasteiger partial charge in [0.1, 0.15) is 0 Å². The average Bonchev–Trinajstić information content (AvgIpc) is 2.76. The number of pyridine rings is 1. The van der Waals surface area contributed by atoms with Crippen LogP contribution in [0.25, 0.3) is 10.8 Å². The second-order valence-electron chi connectivity index (χ2n) is 6.91. The number of nitrogens with one attached hydrogen (secondary N) is 1. The number of thioether (sulfide) groups is 1. The SMILES string of the molecule is O=C(CSCc1cccc2ccccc12)Nc1ccc(Cc2ccncc2)cc1. The van der Waals surface area contributed by atoms with Gasteiger partial charge in [0.05, 0.1) is 5.75 Å². The Balaban J connectivity index is 1.28. The second-order valence-corrected chi connectivity index (χ2v) is 7.89. The van der Waals surface area contributed by atoms with Crippen LogP contribution < -0.4 is 5.32 Å². The number of carbonyl (C=O) groups excluding carboxylic acids is 1. The lowest BCUT2D eigenvalue weighted by Gasteiger charge is -2.08. The molecule has 0 unspecified atom stereocenters. The van der Waals surface area contributed by atoms with Crippen molar-refractivity contribution in [3.63, 3.8) is 0 Å². The average molecular weight is 399 g/mol. The third kappa shape index (κ3) is 5.24. The zero-order valence-electron chi connectivity index (χ0n) is 16.0. The highest BCUT2D eigenvalue weighted by atomic mass is 32.2. The number of amides is 1. The van der Waals surface area contributed by atoms with Crippen molar-refractivity contribution in [2.24, 2.45) is 0 Å². The number of nitrogens with zero attached hydrogens (tertiary/aromatic N) is 1. The normalized spacial score (nSPS) is 10.8. The molecule has 0 aliphatic heterocycles. The zero-order valence-corrected chi connectivity index (χ0v) is 16.9. The van der Waals surface area contributed by atoms with Gasteiger partial charge in [-0.15, -0.1) is 11.8 Å². The Bertz CT molecular complexity index is 1090. The molecule has 1 aromatic heterocycles. The number of benzene rings is 3. The molecule has 3 aromatic carbocycles. The Morgan fingerprint density at radius 1 is 0.828 bits per heavy atom. The van der Waals surface area contributed by atoms with Crippen LogP contribution in [0.3, 0.4) is 0 Å². The van der Waals surface area contributed by atoms with Crippen LogP contribution >= 0.6 is 11.8 Å². The highest BCUT2D eigenvalue weighted by Gasteiger charge is 2.05. The molecule has 3 nitrogen and oxygen atoms in total. The van der Waals surface area contributed by atoms with Gasteiger partial charge in [0, 0.05) is 23.8 Å². The van der Waals surface area contributed by atoms with Crippen LogP contribution in [0.15, 0.2) is 91.3 Å². The number of rotatable bonds is 7. The molecule has 29 heavy (non-hydrogen) atoms. The number of hydrogen-bond donors (Lipinski definition) is 1. The van der Waals surface area contributed by atoms with Gasteiger partial charge in [0.15, 0.2) is 0 Å². The Hall–Kier alpha value is -3.11. The molecule has 0 saturated heterocycles. The van der Waals surface area contributed by atoms with E-state index < -0.39 is 0 Å². The molecule has 0 bridgehead atoms. The first-order chi connectivity index (χ1) is 14.3. The van der Waals surface area contributed by atoms with Crippen molar-refractivity contribution in [1.29, 1.82) is 0 Å². The van der Waals surface area contributed by atoms with Crippen LogP contribution in [0, 0.1) is 0 Å². The quantitative estimate of drug-likeness (QED) is 0.434. The maximum absolute atomic E-state index is 12.3. The first-order valence-corrected chi connectivity index (χ1v) is 10.8. The first-order valence-electron chi connectivity index (χ1n) is 9.60. The van der Waals surface area contributed by atoms with E-state index in [4.69, 9.17) is 0 Å². The van der Waals surface area contributed by atoms with Gasteiger partial charge in [-0.1, -0.05) is 54.6 Å². The second kappa shape index (κ2) is 9.39. The van der Waals surface area contributed by atoms with Gasteiger partial charge in [-0.2, -0.15) is 0 Å². The van der Waals surface area contributed by atoms with Crippen LogP contribution in [0.4, 0.5) is 5.69 Å². The van der Waals surface area contributed by atoms with Gasteiger partial charge in [-0.3, -0.25) is 9.78 Å². The predicted octanol–water partition coefficient (Wildman–Crippen LogP) is 5.70. The number of carbonyl (C=O) groups is 1. The highest BCUT2D eigenvalue weighted by Crippen LogP contribution is 2.23. The third-order valence-corrected chi connectivity index (χ3v) is 5.75. The van der Waals surface area contributed by atoms with E-state index in [1.165, 1.54) is 27.5 Å². The molecular formula is C25H22N2OS. The van der Waals surface area contributed by atoms with Crippen molar-refractivity contribution < 1.29 is 4.79 Å². The van der Waals surface area contributed by atoms with E-state index in [0.717, 1.165) is 17.9 Å². The van der Waals surface area contributed by atoms with Crippen molar-refractivity contribution in [3.8, 4) is 0 Å². The summed E-state index contributed by atoms with van der Waals surface area (Å²) >= 11 is 1.64. The summed E-state index contributed by atoms with van der Waals surface area (Å²) < 4.78 is 0. The molecule has 0 fully saturated rings. The summed E-state index contributed by atoms with van der Waals surface area (Å²) in [7, 11) is 0. The molecule has 1 amide bonds. The summed E-state index contributed by atoms with van der Waals surface area (Å²) in [6, 6.07) is 26.8. The molecule has 0 aliphatic rings. The van der Waals surface area contributed by atoms with Gasteiger partial charge in [0.25, 0.3) is 0 Å². The Morgan fingerprint density at radius 2 is 1.55 bits per heavy atom. The van der Waals surface area contributed by atoms with E-state index >= 15 is 0 Å². The fourth-order valence-electron chi connectivity index (χ4n) is 3.31. The fraction of sp³-hybridized carbons (Fsp3) is 0.120. The number of anilines is 1. The van der Waals surface area contributed by atoms with E-state index in [0.29, 0.717) is 5.75 Å². The molecule has 4 rings (SSSR count). The molecule has 4 heteroatoms. The summed E-state index contributed by atoms with van der Waals surface area (Å²) in [6.45, 7) is 0. The minimum Gasteiger partial charge on any atom is -0.325 e. The number of hydrogen-bond acceptors (Lipinski definition) is 3. The van der Waals surface area contributed by atoms with Crippen molar-refractivity contribution >= 4 is 34.1 Å². The van der Waals surface area contributed by atoms with Crippen LogP contribution in [-0.2, 0) is 17.0 Å². The van der Waals surface area contributed by atoms with Crippen LogP contribution in [0.5, 0.6) is 0 Å². The first kappa shape index (κ1) is 19.2. The predicted molar refractivity (Wildman–Crippen MR) is 122 cm³/mol. The Labute approximate surface area is 175 Å². The fourth-order valence-corrected chi connectivity index (χ4v) is 4.14. The van der Waals surface area contributed by atoms with E-state index in [1.807, 2.05) is 24.3 Å². The van der Waals surface area contributed by atoms with Crippen LogP contribution in [0.2, 0.25) is 0 Å². The molecule has 0 radical (unpaired) electrons. The standard InChI is InChI=1S/C25H22N2OS/c28-25(18-29-17-22-6-3-5-21-4-1-2-7-24(21)22)27-23-10-8-19(9-11-23)16-20-12-14-26-15-13-20/h1-15H,16-18H2,(H,27,28). The smallest absolute Gasteiger partial charge is 0.234 e. The molecule has 4 aromatic rings. The van der Waals surface area contributed by atoms with E-state index in [2.05, 4.69) is 64.9 Å². The summed E-state index contributed by atoms with van der Waals surface area (Å²) in [5, 5.41) is 5.48. The van der Waals surface area contributed by atoms with Crippen molar-refractivity contribution in [2.75, 3.05) is 11.1 Å². The summed E-state index contributed by atoms with van der Waals surface area (Å²) in [5.74, 6) is 1.28. The van der Waals surface area contributed by atoms with Gasteiger partial charge in [-0.05, 0) is 58.1 Å². The summed E-state index contributed by atoms with van der Waals surface area (Å²) in [4.78, 5) is 16.3. The van der Waals surface area contributed by atoms with Crippen LogP contribution in [-0.4, -0.2) is 16.6 Å². The maximum Gasteiger partial charge on any atom is 0.234 e. The van der Waals surface area contributed by atoms with Crippen LogP contribution in [0.1, 0.15) is 16.7 Å². The lowest BCUT2D eigenvalue weighted by molar-refractivity contribution is -0.113. The minimum absolute atomic E-state index is 0.0251. The van der Waals surface area contributed by atoms with Crippen molar-refractivity contribution in [3.05, 3.63) is 108 Å². The lowest BCUT2D eigenvalue weighted by Crippen LogP contribution is -2.14. The van der Waals surface area contributed by atoms with E-state index in [1.54, 1.807) is 24.2 Å². The van der Waals surface area contributed by atoms with Gasteiger partial charge in [-0.25, -0.2) is 0 Å². The van der Waals surface area contributed by atoms with Gasteiger partial charge < -0.3 is 5.32 Å². The zero-order chi connectivity index (χ0) is 19.9. The Kier molecular flexibility index (Phi) is 6.22. The molecule has 1 N–H and O–H groups in total. The van der Waals surface area contributed by atoms with Crippen molar-refractivity contribution in [2.45, 2.75) is 12.2 Å². The topological polar surface area (TPSA) is 42.0 Å². The monoisotopic (exact) mass is 398 g/mol. The largest absolute Gasteiger partial charge is 0.325 e. The van der Waals surface area contributed by atoms with Gasteiger partial charge >= 0.3 is 0 Å². The minimum atomic E-state index is 0.0251. The van der Waals surface area contributed by atoms with E-state index in [-0.39, 0.29) is 5.91 Å². The van der Waals surface area contributed by atoms with E-state index in [9.17, 15) is 4.79 Å². The molecule has 0 saturated carbocycles. The molecule has 0 atom stereocenters. The lowest BCUT2D eigenvalue weighted by atomic mass is 10.1.